The van der Waals surface area contributed by atoms with Crippen molar-refractivity contribution in [2.24, 2.45) is 0 Å². The number of sulfonamides is 1. The molecule has 0 unspecified atom stereocenters. The fourth-order valence-electron chi connectivity index (χ4n) is 0.706. The summed E-state index contributed by atoms with van der Waals surface area (Å²) in [5, 5.41) is 10.3. The Morgan fingerprint density at radius 1 is 1.38 bits per heavy atom. The second kappa shape index (κ2) is 6.47. The molecule has 0 aromatic rings. The first kappa shape index (κ1) is 12.0. The number of nitriles is 1. The monoisotopic (exact) mass is 200 g/mol. The van der Waals surface area contributed by atoms with E-state index in [1.54, 1.807) is 0 Å². The topological polar surface area (TPSA) is 70.0 Å². The van der Waals surface area contributed by atoms with Crippen molar-refractivity contribution in [2.45, 2.75) is 26.2 Å². The van der Waals surface area contributed by atoms with Crippen LogP contribution < -0.4 is 4.72 Å². The molecule has 13 heavy (non-hydrogen) atoms. The highest BCUT2D eigenvalue weighted by atomic mass is 32.2. The molecule has 5 heteroatoms. The van der Waals surface area contributed by atoms with E-state index in [-0.39, 0.29) is 0 Å². The SMILES string of the molecule is CC#CS(=O)(=O)NCCCCC#N. The van der Waals surface area contributed by atoms with E-state index in [2.05, 4.69) is 15.9 Å². The number of rotatable bonds is 5. The van der Waals surface area contributed by atoms with Gasteiger partial charge in [0.05, 0.1) is 6.07 Å². The summed E-state index contributed by atoms with van der Waals surface area (Å²) in [5.74, 6) is 2.31. The van der Waals surface area contributed by atoms with Gasteiger partial charge in [0.1, 0.15) is 0 Å². The molecule has 0 bridgehead atoms. The summed E-state index contributed by atoms with van der Waals surface area (Å²) in [6, 6.07) is 1.99. The zero-order valence-electron chi connectivity index (χ0n) is 7.50. The quantitative estimate of drug-likeness (QED) is 0.521. The predicted octanol–water partition coefficient (Wildman–Crippen LogP) is 0.580. The van der Waals surface area contributed by atoms with E-state index < -0.39 is 10.0 Å². The Balaban J connectivity index is 3.65. The third-order valence-corrected chi connectivity index (χ3v) is 2.30. The van der Waals surface area contributed by atoms with Crippen LogP contribution in [0.5, 0.6) is 0 Å². The fraction of sp³-hybridized carbons (Fsp3) is 0.625. The van der Waals surface area contributed by atoms with Crippen LogP contribution in [0.15, 0.2) is 0 Å². The minimum absolute atomic E-state index is 0.346. The standard InChI is InChI=1S/C8H12N2O2S/c1-2-8-13(11,12)10-7-5-3-4-6-9/h10H,3-5,7H2,1H3. The highest BCUT2D eigenvalue weighted by molar-refractivity contribution is 7.94. The van der Waals surface area contributed by atoms with Crippen LogP contribution in [0.3, 0.4) is 0 Å². The number of hydrogen-bond donors (Lipinski definition) is 1. The number of nitrogens with zero attached hydrogens (tertiary/aromatic N) is 1. The van der Waals surface area contributed by atoms with E-state index in [1.165, 1.54) is 6.92 Å². The second-order valence-corrected chi connectivity index (χ2v) is 3.86. The average Bonchev–Trinajstić information content (AvgIpc) is 2.04. The van der Waals surface area contributed by atoms with Crippen LogP contribution in [-0.4, -0.2) is 15.0 Å². The molecule has 0 saturated heterocycles. The lowest BCUT2D eigenvalue weighted by Gasteiger charge is -1.98. The van der Waals surface area contributed by atoms with Gasteiger partial charge in [-0.15, -0.1) is 0 Å². The Labute approximate surface area is 79.0 Å². The van der Waals surface area contributed by atoms with Crippen molar-refractivity contribution < 1.29 is 8.42 Å². The van der Waals surface area contributed by atoms with Gasteiger partial charge in [-0.2, -0.15) is 13.7 Å². The highest BCUT2D eigenvalue weighted by Gasteiger charge is 2.02. The average molecular weight is 200 g/mol. The molecular formula is C8H12N2O2S. The lowest BCUT2D eigenvalue weighted by Crippen LogP contribution is -2.22. The number of unbranched alkanes of at least 4 members (excludes halogenated alkanes) is 2. The Morgan fingerprint density at radius 2 is 2.08 bits per heavy atom. The summed E-state index contributed by atoms with van der Waals surface area (Å²) in [7, 11) is -3.41. The molecule has 1 N–H and O–H groups in total. The van der Waals surface area contributed by atoms with Gasteiger partial charge in [-0.3, -0.25) is 0 Å². The number of nitrogens with one attached hydrogen (secondary N) is 1. The van der Waals surface area contributed by atoms with Gasteiger partial charge in [0.25, 0.3) is 10.0 Å². The molecule has 0 aliphatic heterocycles. The molecular weight excluding hydrogens is 188 g/mol. The minimum Gasteiger partial charge on any atom is -0.205 e. The van der Waals surface area contributed by atoms with Gasteiger partial charge in [-0.05, 0) is 19.8 Å². The van der Waals surface area contributed by atoms with Crippen molar-refractivity contribution in [3.8, 4) is 17.2 Å². The van der Waals surface area contributed by atoms with Crippen molar-refractivity contribution in [1.29, 1.82) is 5.26 Å². The number of hydrogen-bond acceptors (Lipinski definition) is 3. The molecule has 4 nitrogen and oxygen atoms in total. The molecule has 0 aliphatic carbocycles. The molecule has 72 valence electrons. The van der Waals surface area contributed by atoms with E-state index in [9.17, 15) is 8.42 Å². The molecule has 0 radical (unpaired) electrons. The minimum atomic E-state index is -3.41. The zero-order chi connectivity index (χ0) is 10.2. The smallest absolute Gasteiger partial charge is 0.205 e. The van der Waals surface area contributed by atoms with Gasteiger partial charge in [-0.1, -0.05) is 5.92 Å². The van der Waals surface area contributed by atoms with E-state index in [1.807, 2.05) is 6.07 Å². The summed E-state index contributed by atoms with van der Waals surface area (Å²) in [4.78, 5) is 0. The third-order valence-electron chi connectivity index (χ3n) is 1.24. The van der Waals surface area contributed by atoms with E-state index in [0.717, 1.165) is 0 Å². The van der Waals surface area contributed by atoms with E-state index in [0.29, 0.717) is 25.8 Å². The van der Waals surface area contributed by atoms with Crippen LogP contribution in [-0.2, 0) is 10.0 Å². The van der Waals surface area contributed by atoms with Crippen molar-refractivity contribution >= 4 is 10.0 Å². The molecule has 0 fully saturated rings. The van der Waals surface area contributed by atoms with Gasteiger partial charge in [-0.25, -0.2) is 4.72 Å². The lowest BCUT2D eigenvalue weighted by atomic mass is 10.2. The van der Waals surface area contributed by atoms with Crippen LogP contribution in [0.25, 0.3) is 0 Å². The van der Waals surface area contributed by atoms with Crippen LogP contribution >= 0.6 is 0 Å². The summed E-state index contributed by atoms with van der Waals surface area (Å²) in [6.07, 6.45) is 1.83. The summed E-state index contributed by atoms with van der Waals surface area (Å²) >= 11 is 0. The first-order valence-corrected chi connectivity index (χ1v) is 5.41. The molecule has 0 aliphatic rings. The summed E-state index contributed by atoms with van der Waals surface area (Å²) < 4.78 is 24.1. The van der Waals surface area contributed by atoms with Gasteiger partial charge in [0, 0.05) is 18.2 Å². The van der Waals surface area contributed by atoms with Gasteiger partial charge >= 0.3 is 0 Å². The zero-order valence-corrected chi connectivity index (χ0v) is 8.32. The second-order valence-electron chi connectivity index (χ2n) is 2.37. The Morgan fingerprint density at radius 3 is 2.62 bits per heavy atom. The maximum Gasteiger partial charge on any atom is 0.280 e. The van der Waals surface area contributed by atoms with E-state index >= 15 is 0 Å². The van der Waals surface area contributed by atoms with Crippen LogP contribution in [0.4, 0.5) is 0 Å². The predicted molar refractivity (Wildman–Crippen MR) is 49.8 cm³/mol. The molecule has 0 saturated carbocycles. The molecule has 0 heterocycles. The van der Waals surface area contributed by atoms with Gasteiger partial charge < -0.3 is 0 Å². The molecule has 0 spiro atoms. The maximum absolute atomic E-state index is 10.9. The Kier molecular flexibility index (Phi) is 5.96. The molecule has 0 amide bonds. The van der Waals surface area contributed by atoms with Crippen molar-refractivity contribution in [2.75, 3.05) is 6.54 Å². The van der Waals surface area contributed by atoms with Crippen LogP contribution in [0.1, 0.15) is 26.2 Å². The molecule has 0 rings (SSSR count). The molecule has 0 atom stereocenters. The normalized spacial score (nSPS) is 9.85. The Hall–Kier alpha value is -1.04. The van der Waals surface area contributed by atoms with Gasteiger partial charge in [0.2, 0.25) is 0 Å². The maximum atomic E-state index is 10.9. The van der Waals surface area contributed by atoms with Crippen LogP contribution in [0, 0.1) is 22.5 Å². The largest absolute Gasteiger partial charge is 0.280 e. The highest BCUT2D eigenvalue weighted by Crippen LogP contribution is 1.92. The fourth-order valence-corrected chi connectivity index (χ4v) is 1.46. The third kappa shape index (κ3) is 7.32. The molecule has 0 aromatic carbocycles. The lowest BCUT2D eigenvalue weighted by molar-refractivity contribution is 0.588. The summed E-state index contributed by atoms with van der Waals surface area (Å²) in [5.41, 5.74) is 0. The first-order valence-electron chi connectivity index (χ1n) is 3.92. The van der Waals surface area contributed by atoms with Gasteiger partial charge in [0.15, 0.2) is 0 Å². The van der Waals surface area contributed by atoms with Crippen molar-refractivity contribution in [3.05, 3.63) is 0 Å². The van der Waals surface area contributed by atoms with Crippen molar-refractivity contribution in [3.63, 3.8) is 0 Å². The van der Waals surface area contributed by atoms with E-state index in [4.69, 9.17) is 5.26 Å². The Bertz CT molecular complexity index is 329. The summed E-state index contributed by atoms with van der Waals surface area (Å²) in [6.45, 7) is 1.81. The molecule has 0 aromatic heterocycles. The van der Waals surface area contributed by atoms with Crippen molar-refractivity contribution in [1.82, 2.24) is 4.72 Å². The first-order chi connectivity index (χ1) is 6.12. The van der Waals surface area contributed by atoms with Crippen LogP contribution in [0.2, 0.25) is 0 Å².